The normalized spacial score (nSPS) is 11.4. The van der Waals surface area contributed by atoms with Gasteiger partial charge in [-0.2, -0.15) is 0 Å². The number of nitrogens with zero attached hydrogens (tertiary/aromatic N) is 2. The fourth-order valence-corrected chi connectivity index (χ4v) is 3.36. The van der Waals surface area contributed by atoms with E-state index in [-0.39, 0.29) is 0 Å². The van der Waals surface area contributed by atoms with Crippen LogP contribution < -0.4 is 0 Å². The molecule has 0 N–H and O–H groups in total. The zero-order valence-corrected chi connectivity index (χ0v) is 12.9. The zero-order valence-electron chi connectivity index (χ0n) is 12.9. The van der Waals surface area contributed by atoms with Crippen LogP contribution >= 0.6 is 0 Å². The van der Waals surface area contributed by atoms with Gasteiger partial charge in [-0.25, -0.2) is 0 Å². The monoisotopic (exact) mass is 286 g/mol. The van der Waals surface area contributed by atoms with Crippen molar-refractivity contribution in [2.75, 3.05) is 0 Å². The summed E-state index contributed by atoms with van der Waals surface area (Å²) in [5.41, 5.74) is 6.01. The highest BCUT2D eigenvalue weighted by molar-refractivity contribution is 6.08. The first kappa shape index (κ1) is 13.1. The highest BCUT2D eigenvalue weighted by Gasteiger charge is 2.13. The number of pyridine rings is 1. The van der Waals surface area contributed by atoms with Gasteiger partial charge in [-0.15, -0.1) is 0 Å². The molecule has 2 heterocycles. The summed E-state index contributed by atoms with van der Waals surface area (Å²) < 4.78 is 2.39. The van der Waals surface area contributed by atoms with Crippen LogP contribution in [0.2, 0.25) is 0 Å². The van der Waals surface area contributed by atoms with Crippen LogP contribution in [0.5, 0.6) is 0 Å². The van der Waals surface area contributed by atoms with E-state index in [0.29, 0.717) is 0 Å². The number of aromatic nitrogens is 2. The topological polar surface area (TPSA) is 17.8 Å². The second kappa shape index (κ2) is 4.99. The third kappa shape index (κ3) is 2.00. The molecule has 22 heavy (non-hydrogen) atoms. The summed E-state index contributed by atoms with van der Waals surface area (Å²) in [4.78, 5) is 4.68. The van der Waals surface area contributed by atoms with E-state index in [2.05, 4.69) is 84.1 Å². The summed E-state index contributed by atoms with van der Waals surface area (Å²) in [6.07, 6.45) is 0. The molecule has 2 nitrogen and oxygen atoms in total. The van der Waals surface area contributed by atoms with Crippen molar-refractivity contribution in [1.29, 1.82) is 0 Å². The molecular weight excluding hydrogens is 268 g/mol. The molecule has 0 radical (unpaired) electrons. The van der Waals surface area contributed by atoms with Crippen molar-refractivity contribution in [2.24, 2.45) is 0 Å². The van der Waals surface area contributed by atoms with E-state index in [1.54, 1.807) is 0 Å². The Kier molecular flexibility index (Phi) is 2.97. The number of benzene rings is 2. The van der Waals surface area contributed by atoms with Crippen LogP contribution in [0.15, 0.2) is 60.7 Å². The largest absolute Gasteiger partial charge is 0.334 e. The van der Waals surface area contributed by atoms with Crippen molar-refractivity contribution in [1.82, 2.24) is 9.55 Å². The maximum Gasteiger partial charge on any atom is 0.0710 e. The van der Waals surface area contributed by atoms with Gasteiger partial charge in [0.1, 0.15) is 0 Å². The Morgan fingerprint density at radius 2 is 1.59 bits per heavy atom. The first-order valence-electron chi connectivity index (χ1n) is 7.63. The molecule has 0 unspecified atom stereocenters. The predicted molar refractivity (Wildman–Crippen MR) is 92.3 cm³/mol. The van der Waals surface area contributed by atoms with Crippen molar-refractivity contribution in [3.8, 4) is 0 Å². The minimum atomic E-state index is 0.871. The van der Waals surface area contributed by atoms with Gasteiger partial charge in [0.2, 0.25) is 0 Å². The molecule has 0 bridgehead atoms. The number of para-hydroxylation sites is 1. The predicted octanol–water partition coefficient (Wildman–Crippen LogP) is 4.85. The molecule has 108 valence electrons. The van der Waals surface area contributed by atoms with Crippen LogP contribution in [0.1, 0.15) is 17.0 Å². The molecule has 0 saturated carbocycles. The fourth-order valence-electron chi connectivity index (χ4n) is 3.36. The van der Waals surface area contributed by atoms with E-state index in [4.69, 9.17) is 0 Å². The van der Waals surface area contributed by atoms with E-state index >= 15 is 0 Å². The molecule has 0 fully saturated rings. The second-order valence-corrected chi connectivity index (χ2v) is 5.83. The molecule has 0 saturated heterocycles. The van der Waals surface area contributed by atoms with Gasteiger partial charge in [-0.05, 0) is 31.5 Å². The third-order valence-corrected chi connectivity index (χ3v) is 4.23. The van der Waals surface area contributed by atoms with Crippen LogP contribution in [0, 0.1) is 13.8 Å². The van der Waals surface area contributed by atoms with Crippen molar-refractivity contribution >= 4 is 21.8 Å². The Hall–Kier alpha value is -2.61. The van der Waals surface area contributed by atoms with Gasteiger partial charge < -0.3 is 4.57 Å². The number of fused-ring (bicyclic) bond motifs is 3. The average molecular weight is 286 g/mol. The standard InChI is InChI=1S/C20H18N2/c1-14-12-18-17-10-6-7-11-19(17)22(20(18)15(2)21-14)13-16-8-4-3-5-9-16/h3-12H,13H2,1-2H3. The Bertz CT molecular complexity index is 965. The van der Waals surface area contributed by atoms with Crippen molar-refractivity contribution in [2.45, 2.75) is 20.4 Å². The Morgan fingerprint density at radius 1 is 0.864 bits per heavy atom. The summed E-state index contributed by atoms with van der Waals surface area (Å²) >= 11 is 0. The smallest absolute Gasteiger partial charge is 0.0710 e. The van der Waals surface area contributed by atoms with Gasteiger partial charge in [-0.3, -0.25) is 4.98 Å². The molecule has 0 amide bonds. The highest BCUT2D eigenvalue weighted by Crippen LogP contribution is 2.31. The van der Waals surface area contributed by atoms with Crippen LogP contribution in [-0.4, -0.2) is 9.55 Å². The molecule has 2 aromatic heterocycles. The van der Waals surface area contributed by atoms with Gasteiger partial charge in [-0.1, -0.05) is 48.5 Å². The van der Waals surface area contributed by atoms with Crippen LogP contribution in [0.3, 0.4) is 0 Å². The zero-order chi connectivity index (χ0) is 15.1. The van der Waals surface area contributed by atoms with Crippen molar-refractivity contribution in [3.05, 3.63) is 77.6 Å². The molecule has 2 heteroatoms. The van der Waals surface area contributed by atoms with Gasteiger partial charge in [0.05, 0.1) is 11.2 Å². The molecule has 0 atom stereocenters. The molecule has 0 aliphatic carbocycles. The molecule has 2 aromatic carbocycles. The third-order valence-electron chi connectivity index (χ3n) is 4.23. The van der Waals surface area contributed by atoms with Crippen molar-refractivity contribution < 1.29 is 0 Å². The average Bonchev–Trinajstić information content (AvgIpc) is 2.83. The first-order chi connectivity index (χ1) is 10.7. The van der Waals surface area contributed by atoms with Gasteiger partial charge >= 0.3 is 0 Å². The number of aryl methyl sites for hydroxylation is 2. The van der Waals surface area contributed by atoms with E-state index in [1.165, 1.54) is 27.4 Å². The Balaban J connectivity index is 2.06. The van der Waals surface area contributed by atoms with E-state index in [1.807, 2.05) is 0 Å². The lowest BCUT2D eigenvalue weighted by Gasteiger charge is -2.09. The van der Waals surface area contributed by atoms with Gasteiger partial charge in [0.15, 0.2) is 0 Å². The summed E-state index contributed by atoms with van der Waals surface area (Å²) in [6.45, 7) is 5.04. The van der Waals surface area contributed by atoms with Gasteiger partial charge in [0, 0.05) is 28.5 Å². The van der Waals surface area contributed by atoms with Crippen LogP contribution in [0.25, 0.3) is 21.8 Å². The summed E-state index contributed by atoms with van der Waals surface area (Å²) in [6, 6.07) is 21.4. The van der Waals surface area contributed by atoms with Gasteiger partial charge in [0.25, 0.3) is 0 Å². The highest BCUT2D eigenvalue weighted by atomic mass is 15.0. The Morgan fingerprint density at radius 3 is 2.41 bits per heavy atom. The van der Waals surface area contributed by atoms with Crippen LogP contribution in [0.4, 0.5) is 0 Å². The SMILES string of the molecule is Cc1cc2c3ccccc3n(Cc3ccccc3)c2c(C)n1. The quantitative estimate of drug-likeness (QED) is 0.515. The number of hydrogen-bond donors (Lipinski definition) is 0. The minimum absolute atomic E-state index is 0.871. The second-order valence-electron chi connectivity index (χ2n) is 5.83. The summed E-state index contributed by atoms with van der Waals surface area (Å²) in [5.74, 6) is 0. The maximum atomic E-state index is 4.68. The first-order valence-corrected chi connectivity index (χ1v) is 7.63. The molecule has 0 aliphatic rings. The number of rotatable bonds is 2. The Labute approximate surface area is 130 Å². The number of hydrogen-bond acceptors (Lipinski definition) is 1. The van der Waals surface area contributed by atoms with Crippen LogP contribution in [-0.2, 0) is 6.54 Å². The van der Waals surface area contributed by atoms with E-state index in [9.17, 15) is 0 Å². The molecular formula is C20H18N2. The van der Waals surface area contributed by atoms with E-state index < -0.39 is 0 Å². The lowest BCUT2D eigenvalue weighted by atomic mass is 10.1. The van der Waals surface area contributed by atoms with Crippen molar-refractivity contribution in [3.63, 3.8) is 0 Å². The fraction of sp³-hybridized carbons (Fsp3) is 0.150. The summed E-state index contributed by atoms with van der Waals surface area (Å²) in [5, 5.41) is 2.61. The molecule has 0 spiro atoms. The van der Waals surface area contributed by atoms with E-state index in [0.717, 1.165) is 17.9 Å². The summed E-state index contributed by atoms with van der Waals surface area (Å²) in [7, 11) is 0. The lowest BCUT2D eigenvalue weighted by Crippen LogP contribution is -2.01. The molecule has 0 aliphatic heterocycles. The molecule has 4 aromatic rings. The lowest BCUT2D eigenvalue weighted by molar-refractivity contribution is 0.861. The maximum absolute atomic E-state index is 4.68. The minimum Gasteiger partial charge on any atom is -0.334 e. The molecule has 4 rings (SSSR count).